The number of nitrogens with zero attached hydrogens (tertiary/aromatic N) is 4. The number of isocyanates is 1. The van der Waals surface area contributed by atoms with E-state index in [0.29, 0.717) is 29.7 Å². The number of fused-ring (bicyclic) bond motifs is 1. The van der Waals surface area contributed by atoms with Gasteiger partial charge in [0.25, 0.3) is 0 Å². The molecule has 1 aromatic carbocycles. The number of hydrogen-bond donors (Lipinski definition) is 1. The summed E-state index contributed by atoms with van der Waals surface area (Å²) in [4.78, 5) is 30.0. The molecule has 2 unspecified atom stereocenters. The van der Waals surface area contributed by atoms with Crippen LogP contribution in [0, 0.1) is 0 Å². The van der Waals surface area contributed by atoms with Crippen molar-refractivity contribution in [2.75, 3.05) is 6.54 Å². The van der Waals surface area contributed by atoms with Crippen LogP contribution in [-0.4, -0.2) is 43.5 Å². The molecule has 10 heteroatoms. The molecule has 31 heavy (non-hydrogen) atoms. The van der Waals surface area contributed by atoms with Crippen molar-refractivity contribution >= 4 is 34.8 Å². The number of carbonyl (C=O) groups is 1. The number of carbonyl (C=O) groups excluding carboxylic acids is 1. The molecule has 3 aromatic rings. The number of allylic oxidation sites excluding steroid dienone is 1. The minimum absolute atomic E-state index is 0.249. The quantitative estimate of drug-likeness (QED) is 0.320. The van der Waals surface area contributed by atoms with Gasteiger partial charge in [0.05, 0.1) is 24.4 Å². The van der Waals surface area contributed by atoms with Crippen molar-refractivity contribution in [2.24, 2.45) is 4.99 Å². The molecular weight excluding hydrogens is 420 g/mol. The molecule has 4 rings (SSSR count). The summed E-state index contributed by atoms with van der Waals surface area (Å²) >= 11 is 1.12. The van der Waals surface area contributed by atoms with E-state index < -0.39 is 12.1 Å². The second-order valence-corrected chi connectivity index (χ2v) is 7.50. The Balaban J connectivity index is 1.49. The lowest BCUT2D eigenvalue weighted by Gasteiger charge is -2.26. The first kappa shape index (κ1) is 20.8. The average Bonchev–Trinajstić information content (AvgIpc) is 3.24. The smallest absolute Gasteiger partial charge is 0.337 e. The Morgan fingerprint density at radius 3 is 3.00 bits per heavy atom. The zero-order valence-corrected chi connectivity index (χ0v) is 17.1. The Morgan fingerprint density at radius 2 is 2.16 bits per heavy atom. The fraction of sp³-hybridized carbons (Fsp3) is 0.286. The molecule has 158 valence electrons. The van der Waals surface area contributed by atoms with E-state index in [1.807, 2.05) is 6.08 Å². The number of ether oxygens (including phenoxy) is 2. The van der Waals surface area contributed by atoms with Gasteiger partial charge in [-0.15, -0.1) is 0 Å². The maximum absolute atomic E-state index is 11.9. The largest absolute Gasteiger partial charge is 0.479 e. The van der Waals surface area contributed by atoms with Crippen LogP contribution in [0.5, 0.6) is 11.6 Å². The Hall–Kier alpha value is -3.46. The van der Waals surface area contributed by atoms with Gasteiger partial charge in [-0.3, -0.25) is 0 Å². The molecule has 2 aromatic heterocycles. The third kappa shape index (κ3) is 5.18. The normalized spacial score (nSPS) is 16.9. The van der Waals surface area contributed by atoms with E-state index in [-0.39, 0.29) is 18.5 Å². The second kappa shape index (κ2) is 9.57. The van der Waals surface area contributed by atoms with E-state index in [1.54, 1.807) is 30.3 Å². The van der Waals surface area contributed by atoms with Crippen LogP contribution in [0.1, 0.15) is 30.9 Å². The average molecular weight is 438 g/mol. The molecule has 0 spiro atoms. The van der Waals surface area contributed by atoms with Gasteiger partial charge in [-0.2, -0.15) is 8.75 Å². The van der Waals surface area contributed by atoms with Crippen LogP contribution in [0.15, 0.2) is 53.2 Å². The van der Waals surface area contributed by atoms with E-state index in [9.17, 15) is 14.7 Å². The van der Waals surface area contributed by atoms with Gasteiger partial charge < -0.3 is 14.6 Å². The van der Waals surface area contributed by atoms with Gasteiger partial charge in [-0.05, 0) is 48.6 Å². The molecular formula is C21H18N4O5S. The lowest BCUT2D eigenvalue weighted by atomic mass is 9.96. The number of carboxylic acids is 1. The molecule has 0 amide bonds. The Kier molecular flexibility index (Phi) is 6.42. The van der Waals surface area contributed by atoms with Crippen LogP contribution in [0.4, 0.5) is 0 Å². The van der Waals surface area contributed by atoms with Crippen molar-refractivity contribution in [2.45, 2.75) is 31.5 Å². The number of aliphatic carboxylic acids is 1. The zero-order chi connectivity index (χ0) is 21.6. The van der Waals surface area contributed by atoms with Crippen molar-refractivity contribution in [1.82, 2.24) is 13.7 Å². The van der Waals surface area contributed by atoms with E-state index in [2.05, 4.69) is 18.7 Å². The maximum Gasteiger partial charge on any atom is 0.337 e. The highest BCUT2D eigenvalue weighted by Gasteiger charge is 2.27. The van der Waals surface area contributed by atoms with E-state index in [1.165, 1.54) is 12.3 Å². The highest BCUT2D eigenvalue weighted by molar-refractivity contribution is 7.00. The molecule has 9 nitrogen and oxygen atoms in total. The second-order valence-electron chi connectivity index (χ2n) is 6.97. The van der Waals surface area contributed by atoms with Crippen LogP contribution in [0.25, 0.3) is 11.0 Å². The van der Waals surface area contributed by atoms with Gasteiger partial charge in [0.15, 0.2) is 6.10 Å². The topological polar surface area (TPSA) is 124 Å². The van der Waals surface area contributed by atoms with Crippen molar-refractivity contribution < 1.29 is 24.2 Å². The van der Waals surface area contributed by atoms with Crippen molar-refractivity contribution in [3.05, 3.63) is 53.7 Å². The summed E-state index contributed by atoms with van der Waals surface area (Å²) < 4.78 is 20.0. The van der Waals surface area contributed by atoms with Crippen LogP contribution >= 0.6 is 11.7 Å². The lowest BCUT2D eigenvalue weighted by Crippen LogP contribution is -2.25. The molecule has 1 aliphatic carbocycles. The number of pyridine rings is 1. The van der Waals surface area contributed by atoms with E-state index in [0.717, 1.165) is 29.2 Å². The van der Waals surface area contributed by atoms with Gasteiger partial charge in [-0.25, -0.2) is 19.6 Å². The maximum atomic E-state index is 11.9. The van der Waals surface area contributed by atoms with Gasteiger partial charge in [0.1, 0.15) is 16.8 Å². The highest BCUT2D eigenvalue weighted by atomic mass is 32.1. The van der Waals surface area contributed by atoms with Crippen LogP contribution in [0.2, 0.25) is 0 Å². The van der Waals surface area contributed by atoms with Crippen LogP contribution in [-0.2, 0) is 14.3 Å². The fourth-order valence-electron chi connectivity index (χ4n) is 3.39. The molecule has 2 heterocycles. The minimum atomic E-state index is -1.17. The monoisotopic (exact) mass is 438 g/mol. The number of aromatic nitrogens is 3. The summed E-state index contributed by atoms with van der Waals surface area (Å²) in [5, 5.41) is 9.76. The number of aliphatic imine (C=N–C) groups is 1. The van der Waals surface area contributed by atoms with Crippen molar-refractivity contribution in [1.29, 1.82) is 0 Å². The van der Waals surface area contributed by atoms with Gasteiger partial charge in [0, 0.05) is 18.3 Å². The predicted molar refractivity (Wildman–Crippen MR) is 112 cm³/mol. The van der Waals surface area contributed by atoms with Gasteiger partial charge in [-0.1, -0.05) is 6.08 Å². The summed E-state index contributed by atoms with van der Waals surface area (Å²) in [7, 11) is 0. The Morgan fingerprint density at radius 1 is 1.29 bits per heavy atom. The number of rotatable bonds is 8. The minimum Gasteiger partial charge on any atom is -0.479 e. The Labute approximate surface area is 181 Å². The molecule has 0 saturated heterocycles. The molecule has 0 fully saturated rings. The summed E-state index contributed by atoms with van der Waals surface area (Å²) in [6.07, 6.45) is 5.49. The van der Waals surface area contributed by atoms with Crippen LogP contribution in [0.3, 0.4) is 0 Å². The Bertz CT molecular complexity index is 1170. The third-order valence-corrected chi connectivity index (χ3v) is 5.38. The highest BCUT2D eigenvalue weighted by Crippen LogP contribution is 2.30. The SMILES string of the molecule is O=C=NCC1=CCCC(OC(C(=O)O)c2ccnc(Oc3ccc4nsnc4c3)c2)C1. The molecule has 0 aliphatic heterocycles. The van der Waals surface area contributed by atoms with E-state index >= 15 is 0 Å². The third-order valence-electron chi connectivity index (χ3n) is 4.82. The molecule has 0 saturated carbocycles. The predicted octanol–water partition coefficient (Wildman–Crippen LogP) is 3.84. The van der Waals surface area contributed by atoms with Crippen LogP contribution < -0.4 is 4.74 Å². The van der Waals surface area contributed by atoms with Gasteiger partial charge in [0.2, 0.25) is 12.0 Å². The van der Waals surface area contributed by atoms with E-state index in [4.69, 9.17) is 9.47 Å². The molecule has 2 atom stereocenters. The molecule has 0 radical (unpaired) electrons. The summed E-state index contributed by atoms with van der Waals surface area (Å²) in [5.74, 6) is -0.330. The summed E-state index contributed by atoms with van der Waals surface area (Å²) in [6.45, 7) is 0.257. The molecule has 1 aliphatic rings. The fourth-order valence-corrected chi connectivity index (χ4v) is 3.91. The number of benzene rings is 1. The zero-order valence-electron chi connectivity index (χ0n) is 16.3. The number of carboxylic acid groups (broad SMARTS) is 1. The van der Waals surface area contributed by atoms with Gasteiger partial charge >= 0.3 is 5.97 Å². The number of hydrogen-bond acceptors (Lipinski definition) is 9. The lowest BCUT2D eigenvalue weighted by molar-refractivity contribution is -0.155. The summed E-state index contributed by atoms with van der Waals surface area (Å²) in [5.41, 5.74) is 2.86. The summed E-state index contributed by atoms with van der Waals surface area (Å²) in [6, 6.07) is 8.44. The molecule has 0 bridgehead atoms. The first-order chi connectivity index (χ1) is 15.1. The van der Waals surface area contributed by atoms with Crippen molar-refractivity contribution in [3.63, 3.8) is 0 Å². The molecule has 1 N–H and O–H groups in total. The standard InChI is InChI=1S/C21H18N4O5S/c26-12-22-11-13-2-1-3-15(8-13)30-20(21(27)28)14-6-7-23-19(9-14)29-16-4-5-17-18(10-16)25-31-24-17/h2,4-7,9-10,15,20H,1,3,8,11H2,(H,27,28). The van der Waals surface area contributed by atoms with Crippen molar-refractivity contribution in [3.8, 4) is 11.6 Å². The first-order valence-corrected chi connectivity index (χ1v) is 10.3. The first-order valence-electron chi connectivity index (χ1n) is 9.58.